The smallest absolute Gasteiger partial charge is 0.340 e. The zero-order valence-electron chi connectivity index (χ0n) is 19.7. The molecule has 34 heavy (non-hydrogen) atoms. The Morgan fingerprint density at radius 2 is 1.68 bits per heavy atom. The first-order chi connectivity index (χ1) is 16.3. The monoisotopic (exact) mass is 476 g/mol. The number of methoxy groups -OCH3 is 2. The number of carbonyl (C=O) groups excluding carboxylic acids is 2. The van der Waals surface area contributed by atoms with Gasteiger partial charge in [-0.2, -0.15) is 0 Å². The summed E-state index contributed by atoms with van der Waals surface area (Å²) in [6.07, 6.45) is 1.75. The molecule has 0 bridgehead atoms. The Kier molecular flexibility index (Phi) is 6.35. The Balaban J connectivity index is 1.83. The number of aromatic nitrogens is 1. The van der Waals surface area contributed by atoms with Crippen LogP contribution in [-0.2, 0) is 14.3 Å². The molecule has 3 aromatic rings. The topological polar surface area (TPSA) is 60.8 Å². The lowest BCUT2D eigenvalue weighted by Gasteiger charge is -2.17. The molecular weight excluding hydrogens is 452 g/mol. The number of halogens is 1. The lowest BCUT2D eigenvalue weighted by molar-refractivity contribution is -0.136. The van der Waals surface area contributed by atoms with Crippen LogP contribution in [0.5, 0.6) is 5.75 Å². The van der Waals surface area contributed by atoms with Gasteiger partial charge >= 0.3 is 5.97 Å². The quantitative estimate of drug-likeness (QED) is 0.353. The van der Waals surface area contributed by atoms with E-state index in [1.165, 1.54) is 7.11 Å². The third-order valence-electron chi connectivity index (χ3n) is 5.97. The van der Waals surface area contributed by atoms with Gasteiger partial charge in [0.1, 0.15) is 5.75 Å². The lowest BCUT2D eigenvalue weighted by atomic mass is 10.0. The molecule has 0 saturated carbocycles. The van der Waals surface area contributed by atoms with E-state index in [0.717, 1.165) is 22.6 Å². The van der Waals surface area contributed by atoms with Crippen molar-refractivity contribution in [3.63, 3.8) is 0 Å². The Morgan fingerprint density at radius 3 is 2.29 bits per heavy atom. The summed E-state index contributed by atoms with van der Waals surface area (Å²) in [5.41, 5.74) is 5.31. The number of aryl methyl sites for hydroxylation is 1. The van der Waals surface area contributed by atoms with E-state index in [1.807, 2.05) is 73.0 Å². The molecule has 0 spiro atoms. The van der Waals surface area contributed by atoms with Gasteiger partial charge in [-0.15, -0.1) is 0 Å². The highest BCUT2D eigenvalue weighted by atomic mass is 35.5. The van der Waals surface area contributed by atoms with Crippen LogP contribution in [0.15, 0.2) is 71.4 Å². The third kappa shape index (κ3) is 3.90. The number of rotatable bonds is 5. The summed E-state index contributed by atoms with van der Waals surface area (Å²) in [7, 11) is 2.89. The van der Waals surface area contributed by atoms with Crippen LogP contribution < -0.4 is 9.64 Å². The minimum Gasteiger partial charge on any atom is -0.495 e. The summed E-state index contributed by atoms with van der Waals surface area (Å²) >= 11 is 6.35. The Morgan fingerprint density at radius 1 is 0.971 bits per heavy atom. The summed E-state index contributed by atoms with van der Waals surface area (Å²) in [6.45, 7) is 5.68. The van der Waals surface area contributed by atoms with Gasteiger partial charge in [-0.1, -0.05) is 29.8 Å². The van der Waals surface area contributed by atoms with Crippen molar-refractivity contribution in [3.8, 4) is 11.4 Å². The molecule has 4 rings (SSSR count). The highest BCUT2D eigenvalue weighted by Crippen LogP contribution is 2.36. The zero-order chi connectivity index (χ0) is 24.6. The van der Waals surface area contributed by atoms with Gasteiger partial charge in [0.15, 0.2) is 0 Å². The van der Waals surface area contributed by atoms with E-state index in [2.05, 4.69) is 0 Å². The second-order valence-corrected chi connectivity index (χ2v) is 8.37. The number of amides is 1. The maximum atomic E-state index is 13.5. The number of nitrogens with zero attached hydrogens (tertiary/aromatic N) is 2. The number of anilines is 1. The van der Waals surface area contributed by atoms with Gasteiger partial charge < -0.3 is 14.0 Å². The van der Waals surface area contributed by atoms with Crippen LogP contribution in [0.1, 0.15) is 23.9 Å². The van der Waals surface area contributed by atoms with Crippen LogP contribution in [0.2, 0.25) is 5.02 Å². The molecule has 1 amide bonds. The van der Waals surface area contributed by atoms with E-state index in [0.29, 0.717) is 27.7 Å². The van der Waals surface area contributed by atoms with Crippen LogP contribution in [-0.4, -0.2) is 30.7 Å². The summed E-state index contributed by atoms with van der Waals surface area (Å²) in [4.78, 5) is 27.7. The minimum atomic E-state index is -0.550. The van der Waals surface area contributed by atoms with Gasteiger partial charge in [0.05, 0.1) is 30.4 Å². The van der Waals surface area contributed by atoms with Crippen LogP contribution in [0.3, 0.4) is 0 Å². The summed E-state index contributed by atoms with van der Waals surface area (Å²) < 4.78 is 12.3. The molecule has 0 atom stereocenters. The molecule has 1 aliphatic rings. The molecule has 0 saturated heterocycles. The molecule has 1 aliphatic heterocycles. The van der Waals surface area contributed by atoms with Crippen molar-refractivity contribution in [2.24, 2.45) is 0 Å². The number of hydrogen-bond acceptors (Lipinski definition) is 4. The number of para-hydroxylation sites is 1. The number of allylic oxidation sites excluding steroid dienone is 1. The van der Waals surface area contributed by atoms with E-state index >= 15 is 0 Å². The van der Waals surface area contributed by atoms with Crippen LogP contribution in [0.4, 0.5) is 5.69 Å². The maximum Gasteiger partial charge on any atom is 0.340 e. The van der Waals surface area contributed by atoms with Crippen molar-refractivity contribution in [2.45, 2.75) is 20.8 Å². The fourth-order valence-electron chi connectivity index (χ4n) is 4.35. The molecule has 6 nitrogen and oxygen atoms in total. The summed E-state index contributed by atoms with van der Waals surface area (Å²) in [5.74, 6) is -0.233. The lowest BCUT2D eigenvalue weighted by Crippen LogP contribution is -2.24. The first-order valence-corrected chi connectivity index (χ1v) is 11.1. The van der Waals surface area contributed by atoms with Gasteiger partial charge in [-0.05, 0) is 68.8 Å². The predicted octanol–water partition coefficient (Wildman–Crippen LogP) is 5.63. The molecule has 0 radical (unpaired) electrons. The first kappa shape index (κ1) is 23.4. The van der Waals surface area contributed by atoms with Gasteiger partial charge in [0.25, 0.3) is 5.91 Å². The second kappa shape index (κ2) is 9.23. The van der Waals surface area contributed by atoms with E-state index in [9.17, 15) is 9.59 Å². The van der Waals surface area contributed by atoms with Crippen molar-refractivity contribution >= 4 is 35.2 Å². The number of benzene rings is 2. The van der Waals surface area contributed by atoms with Gasteiger partial charge in [-0.25, -0.2) is 4.79 Å². The molecule has 0 unspecified atom stereocenters. The first-order valence-electron chi connectivity index (χ1n) is 10.7. The van der Waals surface area contributed by atoms with Crippen molar-refractivity contribution in [1.29, 1.82) is 0 Å². The molecule has 174 valence electrons. The van der Waals surface area contributed by atoms with Gasteiger partial charge in [-0.3, -0.25) is 9.69 Å². The van der Waals surface area contributed by atoms with E-state index in [-0.39, 0.29) is 11.5 Å². The van der Waals surface area contributed by atoms with Crippen LogP contribution in [0, 0.1) is 13.8 Å². The number of hydrogen-bond donors (Lipinski definition) is 0. The highest BCUT2D eigenvalue weighted by molar-refractivity contribution is 6.32. The largest absolute Gasteiger partial charge is 0.495 e. The fraction of sp³-hybridized carbons (Fsp3) is 0.185. The maximum absolute atomic E-state index is 13.5. The molecule has 0 N–H and O–H groups in total. The highest BCUT2D eigenvalue weighted by Gasteiger charge is 2.38. The van der Waals surface area contributed by atoms with E-state index < -0.39 is 5.97 Å². The molecule has 2 heterocycles. The minimum absolute atomic E-state index is 0.258. The molecule has 0 aliphatic carbocycles. The second-order valence-electron chi connectivity index (χ2n) is 7.97. The SMILES string of the molecule is COC(=O)C1=C(C)N(c2ccccc2)C(=O)/C1=C\c1cc(C)n(-c2ccc(OC)c(Cl)c2)c1C. The molecular formula is C27H25ClN2O4. The molecule has 1 aromatic heterocycles. The normalized spacial score (nSPS) is 14.8. The molecule has 7 heteroatoms. The summed E-state index contributed by atoms with van der Waals surface area (Å²) in [5, 5.41) is 0.503. The fourth-order valence-corrected chi connectivity index (χ4v) is 4.60. The third-order valence-corrected chi connectivity index (χ3v) is 6.26. The van der Waals surface area contributed by atoms with Gasteiger partial charge in [0.2, 0.25) is 0 Å². The van der Waals surface area contributed by atoms with E-state index in [1.54, 1.807) is 25.0 Å². The van der Waals surface area contributed by atoms with Crippen LogP contribution >= 0.6 is 11.6 Å². The Bertz CT molecular complexity index is 1350. The Hall–Kier alpha value is -3.77. The van der Waals surface area contributed by atoms with Gasteiger partial charge in [0, 0.05) is 28.5 Å². The zero-order valence-corrected chi connectivity index (χ0v) is 20.4. The van der Waals surface area contributed by atoms with Crippen molar-refractivity contribution < 1.29 is 19.1 Å². The summed E-state index contributed by atoms with van der Waals surface area (Å²) in [6, 6.07) is 16.8. The average Bonchev–Trinajstić information content (AvgIpc) is 3.25. The predicted molar refractivity (Wildman–Crippen MR) is 133 cm³/mol. The van der Waals surface area contributed by atoms with E-state index in [4.69, 9.17) is 21.1 Å². The standard InChI is InChI=1S/C27H25ClN2O4/c1-16-13-19(17(2)29(16)21-11-12-24(33-4)23(28)15-21)14-22-25(27(32)34-5)18(3)30(26(22)31)20-9-7-6-8-10-20/h6-15H,1-5H3/b22-14-. The number of esters is 1. The van der Waals surface area contributed by atoms with Crippen molar-refractivity contribution in [3.05, 3.63) is 93.4 Å². The van der Waals surface area contributed by atoms with Crippen LogP contribution in [0.25, 0.3) is 11.8 Å². The average molecular weight is 477 g/mol. The van der Waals surface area contributed by atoms with Crippen molar-refractivity contribution in [2.75, 3.05) is 19.1 Å². The number of ether oxygens (including phenoxy) is 2. The van der Waals surface area contributed by atoms with Crippen molar-refractivity contribution in [1.82, 2.24) is 4.57 Å². The molecule has 0 fully saturated rings. The molecule has 2 aromatic carbocycles. The Labute approximate surface area is 203 Å². The number of carbonyl (C=O) groups is 2.